The van der Waals surface area contributed by atoms with Gasteiger partial charge in [-0.2, -0.15) is 9.97 Å². The molecule has 126 valence electrons. The number of esters is 1. The van der Waals surface area contributed by atoms with Gasteiger partial charge in [0.2, 0.25) is 5.28 Å². The summed E-state index contributed by atoms with van der Waals surface area (Å²) in [5.41, 5.74) is 3.19. The number of aromatic nitrogens is 3. The fourth-order valence-electron chi connectivity index (χ4n) is 2.39. The zero-order chi connectivity index (χ0) is 17.3. The summed E-state index contributed by atoms with van der Waals surface area (Å²) in [6, 6.07) is 3.61. The van der Waals surface area contributed by atoms with E-state index in [1.54, 1.807) is 0 Å². The zero-order valence-electron chi connectivity index (χ0n) is 13.5. The summed E-state index contributed by atoms with van der Waals surface area (Å²) in [6.45, 7) is 6.62. The van der Waals surface area contributed by atoms with E-state index in [-0.39, 0.29) is 23.4 Å². The van der Waals surface area contributed by atoms with Crippen LogP contribution in [-0.4, -0.2) is 40.2 Å². The Bertz CT molecular complexity index is 770. The fourth-order valence-corrected chi connectivity index (χ4v) is 2.54. The van der Waals surface area contributed by atoms with Crippen molar-refractivity contribution in [2.75, 3.05) is 13.2 Å². The normalized spacial score (nSPS) is 15.9. The summed E-state index contributed by atoms with van der Waals surface area (Å²) < 4.78 is 15.6. The maximum absolute atomic E-state index is 12.4. The summed E-state index contributed by atoms with van der Waals surface area (Å²) in [5.74, 6) is -0.552. The summed E-state index contributed by atoms with van der Waals surface area (Å²) in [6.07, 6.45) is 0.0457. The third-order valence-corrected chi connectivity index (χ3v) is 3.60. The molecule has 0 N–H and O–H groups in total. The number of hydrogen-bond acceptors (Lipinski definition) is 7. The number of aryl methyl sites for hydroxylation is 3. The third-order valence-electron chi connectivity index (χ3n) is 3.43. The molecule has 3 rings (SSSR count). The minimum absolute atomic E-state index is 0.00866. The molecule has 0 bridgehead atoms. The number of ether oxygens (including phenoxy) is 3. The Morgan fingerprint density at radius 3 is 2.46 bits per heavy atom. The summed E-state index contributed by atoms with van der Waals surface area (Å²) in [4.78, 5) is 24.0. The van der Waals surface area contributed by atoms with E-state index in [1.165, 1.54) is 0 Å². The van der Waals surface area contributed by atoms with E-state index < -0.39 is 5.97 Å². The molecule has 1 atom stereocenters. The summed E-state index contributed by atoms with van der Waals surface area (Å²) in [5, 5.41) is -0.114. The number of carbonyl (C=O) groups excluding carboxylic acids is 1. The Balaban J connectivity index is 1.78. The first kappa shape index (κ1) is 16.6. The van der Waals surface area contributed by atoms with Crippen LogP contribution in [0.1, 0.15) is 27.0 Å². The molecule has 1 fully saturated rings. The van der Waals surface area contributed by atoms with Crippen LogP contribution in [0.4, 0.5) is 0 Å². The van der Waals surface area contributed by atoms with Gasteiger partial charge in [0.25, 0.3) is 0 Å². The minimum Gasteiger partial charge on any atom is -0.460 e. The Hall–Kier alpha value is -2.25. The third kappa shape index (κ3) is 3.98. The molecular formula is C16H16ClN3O4. The highest BCUT2D eigenvalue weighted by atomic mass is 35.5. The number of rotatable bonds is 5. The van der Waals surface area contributed by atoms with Gasteiger partial charge in [0.1, 0.15) is 12.7 Å². The van der Waals surface area contributed by atoms with E-state index in [9.17, 15) is 4.79 Å². The first-order valence-electron chi connectivity index (χ1n) is 7.38. The molecule has 2 heterocycles. The van der Waals surface area contributed by atoms with Crippen LogP contribution >= 0.6 is 11.6 Å². The van der Waals surface area contributed by atoms with E-state index in [1.807, 2.05) is 32.9 Å². The van der Waals surface area contributed by atoms with Crippen LogP contribution in [0, 0.1) is 20.8 Å². The van der Waals surface area contributed by atoms with Crippen molar-refractivity contribution in [2.24, 2.45) is 0 Å². The molecule has 1 aromatic carbocycles. The number of carbonyl (C=O) groups is 1. The Morgan fingerprint density at radius 1 is 1.21 bits per heavy atom. The highest BCUT2D eigenvalue weighted by Gasteiger charge is 2.24. The Kier molecular flexibility index (Phi) is 4.64. The van der Waals surface area contributed by atoms with Crippen molar-refractivity contribution >= 4 is 17.6 Å². The molecule has 0 spiro atoms. The number of benzene rings is 1. The maximum Gasteiger partial charge on any atom is 0.346 e. The lowest BCUT2D eigenvalue weighted by Gasteiger charge is -2.10. The van der Waals surface area contributed by atoms with Gasteiger partial charge >= 0.3 is 18.0 Å². The molecule has 1 aromatic heterocycles. The van der Waals surface area contributed by atoms with E-state index in [0.717, 1.165) is 16.7 Å². The van der Waals surface area contributed by atoms with Crippen molar-refractivity contribution in [3.8, 4) is 12.0 Å². The highest BCUT2D eigenvalue weighted by molar-refractivity contribution is 6.28. The second kappa shape index (κ2) is 6.70. The number of epoxide rings is 1. The van der Waals surface area contributed by atoms with E-state index in [2.05, 4.69) is 15.0 Å². The molecular weight excluding hydrogens is 334 g/mol. The van der Waals surface area contributed by atoms with Gasteiger partial charge in [-0.05, 0) is 43.5 Å². The van der Waals surface area contributed by atoms with Crippen LogP contribution in [-0.2, 0) is 4.74 Å². The second-order valence-corrected chi connectivity index (χ2v) is 5.94. The molecule has 1 aliphatic heterocycles. The lowest BCUT2D eigenvalue weighted by Crippen LogP contribution is -2.15. The number of nitrogens with zero attached hydrogens (tertiary/aromatic N) is 3. The van der Waals surface area contributed by atoms with Gasteiger partial charge in [0, 0.05) is 0 Å². The van der Waals surface area contributed by atoms with E-state index >= 15 is 0 Å². The van der Waals surface area contributed by atoms with Crippen LogP contribution in [0.5, 0.6) is 12.0 Å². The largest absolute Gasteiger partial charge is 0.460 e. The average Bonchev–Trinajstić information content (AvgIpc) is 3.27. The van der Waals surface area contributed by atoms with Crippen molar-refractivity contribution in [3.63, 3.8) is 0 Å². The van der Waals surface area contributed by atoms with Crippen LogP contribution in [0.3, 0.4) is 0 Å². The van der Waals surface area contributed by atoms with Crippen molar-refractivity contribution in [1.29, 1.82) is 0 Å². The quantitative estimate of drug-likeness (QED) is 0.605. The van der Waals surface area contributed by atoms with Crippen molar-refractivity contribution < 1.29 is 19.0 Å². The van der Waals surface area contributed by atoms with Crippen LogP contribution in [0.2, 0.25) is 5.28 Å². The van der Waals surface area contributed by atoms with Gasteiger partial charge < -0.3 is 14.2 Å². The average molecular weight is 350 g/mol. The fraction of sp³-hybridized carbons (Fsp3) is 0.375. The van der Waals surface area contributed by atoms with Crippen LogP contribution in [0.25, 0.3) is 0 Å². The van der Waals surface area contributed by atoms with Crippen LogP contribution in [0.15, 0.2) is 12.1 Å². The first-order valence-corrected chi connectivity index (χ1v) is 7.76. The number of hydrogen-bond donors (Lipinski definition) is 0. The second-order valence-electron chi connectivity index (χ2n) is 5.60. The molecule has 7 nitrogen and oxygen atoms in total. The van der Waals surface area contributed by atoms with Crippen molar-refractivity contribution in [2.45, 2.75) is 26.9 Å². The van der Waals surface area contributed by atoms with Crippen LogP contribution < -0.4 is 9.47 Å². The van der Waals surface area contributed by atoms with E-state index in [4.69, 9.17) is 25.8 Å². The highest BCUT2D eigenvalue weighted by Crippen LogP contribution is 2.20. The lowest BCUT2D eigenvalue weighted by molar-refractivity contribution is 0.0715. The van der Waals surface area contributed by atoms with Gasteiger partial charge in [-0.25, -0.2) is 4.79 Å². The SMILES string of the molecule is Cc1cc(C)c(C(=O)Oc2nc(Cl)nc(OCC3CO3)n2)c(C)c1. The van der Waals surface area contributed by atoms with Gasteiger partial charge in [0.15, 0.2) is 0 Å². The van der Waals surface area contributed by atoms with Gasteiger partial charge in [-0.15, -0.1) is 4.98 Å². The summed E-state index contributed by atoms with van der Waals surface area (Å²) in [7, 11) is 0. The smallest absolute Gasteiger partial charge is 0.346 e. The monoisotopic (exact) mass is 349 g/mol. The Morgan fingerprint density at radius 2 is 1.83 bits per heavy atom. The first-order chi connectivity index (χ1) is 11.4. The topological polar surface area (TPSA) is 86.7 Å². The van der Waals surface area contributed by atoms with Gasteiger partial charge in [-0.3, -0.25) is 0 Å². The molecule has 2 aromatic rings. The van der Waals surface area contributed by atoms with E-state index in [0.29, 0.717) is 18.8 Å². The van der Waals surface area contributed by atoms with Crippen molar-refractivity contribution in [3.05, 3.63) is 39.7 Å². The maximum atomic E-state index is 12.4. The predicted octanol–water partition coefficient (Wildman–Crippen LogP) is 2.45. The number of halogens is 1. The molecule has 1 saturated heterocycles. The molecule has 0 radical (unpaired) electrons. The molecule has 0 amide bonds. The Labute approximate surface area is 144 Å². The van der Waals surface area contributed by atoms with Gasteiger partial charge in [-0.1, -0.05) is 17.7 Å². The minimum atomic E-state index is -0.552. The molecule has 24 heavy (non-hydrogen) atoms. The molecule has 1 aliphatic rings. The predicted molar refractivity (Wildman–Crippen MR) is 85.7 cm³/mol. The molecule has 1 unspecified atom stereocenters. The zero-order valence-corrected chi connectivity index (χ0v) is 14.3. The lowest BCUT2D eigenvalue weighted by atomic mass is 10.0. The molecule has 0 saturated carbocycles. The van der Waals surface area contributed by atoms with Crippen molar-refractivity contribution in [1.82, 2.24) is 15.0 Å². The standard InChI is InChI=1S/C16H16ClN3O4/c1-8-4-9(2)12(10(3)5-8)13(21)24-16-19-14(17)18-15(20-16)23-7-11-6-22-11/h4-5,11H,6-7H2,1-3H3. The summed E-state index contributed by atoms with van der Waals surface area (Å²) >= 11 is 5.83. The molecule has 8 heteroatoms. The molecule has 0 aliphatic carbocycles. The van der Waals surface area contributed by atoms with Gasteiger partial charge in [0.05, 0.1) is 12.2 Å².